The molecule has 6 atom stereocenters. The van der Waals surface area contributed by atoms with Crippen molar-refractivity contribution in [2.75, 3.05) is 33.0 Å². The van der Waals surface area contributed by atoms with Gasteiger partial charge in [-0.3, -0.25) is 4.90 Å². The first kappa shape index (κ1) is 47.1. The van der Waals surface area contributed by atoms with Crippen LogP contribution in [0.1, 0.15) is 140 Å². The lowest BCUT2D eigenvalue weighted by atomic mass is 9.55. The number of ether oxygens (including phenoxy) is 3. The summed E-state index contributed by atoms with van der Waals surface area (Å²) >= 11 is 0. The van der Waals surface area contributed by atoms with Gasteiger partial charge in [0.2, 0.25) is 5.79 Å². The summed E-state index contributed by atoms with van der Waals surface area (Å²) < 4.78 is 34.6. The number of carbonyl (C=O) groups excluding carboxylic acids is 1. The number of hydrogen-bond donors (Lipinski definition) is 3. The SMILES string of the molecule is C=CCOC12Oc3ccc(O)cc3C3C(CCCCO)C(CCCCO)C=C(C(=NOCC)CC1N(Cc1ccc(F)cc1)C(=O)OCCCCCCCCCCCC)C32. The fourth-order valence-corrected chi connectivity index (χ4v) is 9.72. The molecule has 3 N–H and O–H groups in total. The van der Waals surface area contributed by atoms with Crippen molar-refractivity contribution in [3.05, 3.63) is 83.7 Å². The van der Waals surface area contributed by atoms with E-state index in [9.17, 15) is 24.5 Å². The first-order valence-electron chi connectivity index (χ1n) is 22.9. The van der Waals surface area contributed by atoms with Gasteiger partial charge in [-0.25, -0.2) is 9.18 Å². The second-order valence-electron chi connectivity index (χ2n) is 16.8. The zero-order chi connectivity index (χ0) is 42.7. The Morgan fingerprint density at radius 3 is 2.28 bits per heavy atom. The van der Waals surface area contributed by atoms with Crippen LogP contribution in [0, 0.1) is 23.6 Å². The number of phenolic OH excluding ortho intramolecular Hbond substituents is 1. The number of phenols is 1. The first-order valence-corrected chi connectivity index (χ1v) is 22.9. The molecule has 2 aromatic carbocycles. The molecule has 1 amide bonds. The molecule has 2 aliphatic carbocycles. The third kappa shape index (κ3) is 12.1. The summed E-state index contributed by atoms with van der Waals surface area (Å²) in [4.78, 5) is 22.2. The molecule has 0 radical (unpaired) electrons. The summed E-state index contributed by atoms with van der Waals surface area (Å²) in [6, 6.07) is 10.5. The van der Waals surface area contributed by atoms with Crippen LogP contribution in [0.25, 0.3) is 0 Å². The Morgan fingerprint density at radius 2 is 1.62 bits per heavy atom. The van der Waals surface area contributed by atoms with Gasteiger partial charge in [0.25, 0.3) is 0 Å². The Balaban J connectivity index is 1.57. The quantitative estimate of drug-likeness (QED) is 0.0461. The third-order valence-electron chi connectivity index (χ3n) is 12.6. The highest BCUT2D eigenvalue weighted by Crippen LogP contribution is 2.62. The number of amides is 1. The normalized spacial score (nSPS) is 23.6. The Kier molecular flexibility index (Phi) is 19.2. The van der Waals surface area contributed by atoms with Gasteiger partial charge in [-0.1, -0.05) is 107 Å². The van der Waals surface area contributed by atoms with Gasteiger partial charge in [-0.15, -0.1) is 6.58 Å². The number of halogens is 1. The van der Waals surface area contributed by atoms with Crippen LogP contribution in [0.15, 0.2) is 71.9 Å². The maximum Gasteiger partial charge on any atom is 0.410 e. The standard InChI is InChI=1S/C49H71FN2O8/c1-4-7-8-9-10-11-12-13-14-19-31-57-48(56)52(35-36-22-24-38(50)25-23-36)45-34-43(51-59-6-3)41-32-37(20-15-17-28-53)40(21-16-18-29-54)46-42-33-39(55)26-27-44(42)60-49(45,47(41)46)58-30-5-2/h5,22-27,32-33,37,40,45-47,53-55H,2,4,6-21,28-31,34-35H2,1,3H3. The van der Waals surface area contributed by atoms with Gasteiger partial charge >= 0.3 is 6.09 Å². The van der Waals surface area contributed by atoms with E-state index in [0.717, 1.165) is 56.1 Å². The van der Waals surface area contributed by atoms with Crippen LogP contribution < -0.4 is 4.74 Å². The fraction of sp³-hybridized carbons (Fsp3) is 0.633. The highest BCUT2D eigenvalue weighted by atomic mass is 19.1. The highest BCUT2D eigenvalue weighted by molar-refractivity contribution is 6.03. The van der Waals surface area contributed by atoms with E-state index in [1.807, 2.05) is 6.92 Å². The molecule has 60 heavy (non-hydrogen) atoms. The van der Waals surface area contributed by atoms with Crippen molar-refractivity contribution in [3.63, 3.8) is 0 Å². The maximum atomic E-state index is 14.7. The molecule has 1 fully saturated rings. The number of fused-ring (bicyclic) bond motifs is 2. The molecule has 1 aliphatic heterocycles. The number of oxime groups is 1. The second-order valence-corrected chi connectivity index (χ2v) is 16.8. The van der Waals surface area contributed by atoms with Crippen LogP contribution in [0.2, 0.25) is 0 Å². The van der Waals surface area contributed by atoms with Gasteiger partial charge in [0.1, 0.15) is 30.0 Å². The lowest BCUT2D eigenvalue weighted by Crippen LogP contribution is -2.70. The third-order valence-corrected chi connectivity index (χ3v) is 12.6. The molecule has 1 heterocycles. The lowest BCUT2D eigenvalue weighted by Gasteiger charge is -2.59. The van der Waals surface area contributed by atoms with Crippen molar-refractivity contribution >= 4 is 11.8 Å². The molecule has 0 bridgehead atoms. The van der Waals surface area contributed by atoms with Gasteiger partial charge in [0.05, 0.1) is 24.8 Å². The average molecular weight is 835 g/mol. The monoisotopic (exact) mass is 835 g/mol. The molecular formula is C49H71FN2O8. The van der Waals surface area contributed by atoms with E-state index >= 15 is 0 Å². The zero-order valence-electron chi connectivity index (χ0n) is 36.2. The molecular weight excluding hydrogens is 764 g/mol. The van der Waals surface area contributed by atoms with Crippen LogP contribution in [-0.2, 0) is 20.9 Å². The van der Waals surface area contributed by atoms with Crippen molar-refractivity contribution < 1.29 is 43.6 Å². The van der Waals surface area contributed by atoms with Gasteiger partial charge in [0.15, 0.2) is 0 Å². The number of benzene rings is 2. The largest absolute Gasteiger partial charge is 0.508 e. The van der Waals surface area contributed by atoms with Gasteiger partial charge in [0, 0.05) is 37.7 Å². The number of rotatable bonds is 27. The first-order chi connectivity index (χ1) is 29.3. The van der Waals surface area contributed by atoms with Crippen LogP contribution in [-0.4, -0.2) is 76.9 Å². The predicted molar refractivity (Wildman–Crippen MR) is 233 cm³/mol. The fourth-order valence-electron chi connectivity index (χ4n) is 9.72. The van der Waals surface area contributed by atoms with Gasteiger partial charge < -0.3 is 34.4 Å². The van der Waals surface area contributed by atoms with Crippen LogP contribution in [0.5, 0.6) is 11.5 Å². The number of nitrogens with zero attached hydrogens (tertiary/aromatic N) is 2. The van der Waals surface area contributed by atoms with Crippen molar-refractivity contribution in [3.8, 4) is 11.5 Å². The van der Waals surface area contributed by atoms with Crippen LogP contribution in [0.4, 0.5) is 9.18 Å². The van der Waals surface area contributed by atoms with E-state index in [4.69, 9.17) is 24.2 Å². The smallest absolute Gasteiger partial charge is 0.410 e. The number of aromatic hydroxyl groups is 1. The maximum absolute atomic E-state index is 14.7. The summed E-state index contributed by atoms with van der Waals surface area (Å²) in [6.45, 7) is 9.10. The van der Waals surface area contributed by atoms with Crippen LogP contribution in [0.3, 0.4) is 0 Å². The van der Waals surface area contributed by atoms with E-state index in [1.54, 1.807) is 41.3 Å². The minimum atomic E-state index is -1.47. The Labute approximate surface area is 357 Å². The van der Waals surface area contributed by atoms with Crippen molar-refractivity contribution in [1.29, 1.82) is 0 Å². The molecule has 2 aromatic rings. The molecule has 0 spiro atoms. The van der Waals surface area contributed by atoms with E-state index in [1.165, 1.54) is 57.1 Å². The van der Waals surface area contributed by atoms with Gasteiger partial charge in [-0.05, 0) is 92.3 Å². The molecule has 3 aliphatic rings. The molecule has 332 valence electrons. The summed E-state index contributed by atoms with van der Waals surface area (Å²) in [5.74, 6) is -1.85. The molecule has 10 nitrogen and oxygen atoms in total. The number of carbonyl (C=O) groups is 1. The molecule has 1 saturated carbocycles. The summed E-state index contributed by atoms with van der Waals surface area (Å²) in [6.07, 6.45) is 19.8. The minimum absolute atomic E-state index is 0.0288. The molecule has 0 aromatic heterocycles. The Morgan fingerprint density at radius 1 is 0.933 bits per heavy atom. The number of hydrogen-bond acceptors (Lipinski definition) is 9. The summed E-state index contributed by atoms with van der Waals surface area (Å²) in [7, 11) is 0. The topological polar surface area (TPSA) is 130 Å². The predicted octanol–water partition coefficient (Wildman–Crippen LogP) is 10.7. The van der Waals surface area contributed by atoms with E-state index in [-0.39, 0.29) is 68.7 Å². The second kappa shape index (κ2) is 24.5. The molecule has 6 unspecified atom stereocenters. The number of unbranched alkanes of at least 4 members (excludes halogenated alkanes) is 11. The Bertz CT molecular complexity index is 1680. The van der Waals surface area contributed by atoms with Crippen LogP contribution >= 0.6 is 0 Å². The van der Waals surface area contributed by atoms with Crippen molar-refractivity contribution in [2.24, 2.45) is 22.9 Å². The zero-order valence-corrected chi connectivity index (χ0v) is 36.2. The molecule has 0 saturated heterocycles. The number of aliphatic hydroxyl groups is 2. The average Bonchev–Trinajstić information content (AvgIpc) is 3.25. The van der Waals surface area contributed by atoms with Gasteiger partial charge in [-0.2, -0.15) is 0 Å². The summed E-state index contributed by atoms with van der Waals surface area (Å²) in [5.41, 5.74) is 3.14. The summed E-state index contributed by atoms with van der Waals surface area (Å²) in [5, 5.41) is 35.3. The van der Waals surface area contributed by atoms with Crippen molar-refractivity contribution in [2.45, 2.75) is 147 Å². The number of aliphatic hydroxyl groups excluding tert-OH is 2. The Hall–Kier alpha value is -3.93. The minimum Gasteiger partial charge on any atom is -0.508 e. The lowest BCUT2D eigenvalue weighted by molar-refractivity contribution is -0.256. The van der Waals surface area contributed by atoms with Crippen molar-refractivity contribution in [1.82, 2.24) is 4.90 Å². The van der Waals surface area contributed by atoms with E-state index < -0.39 is 23.8 Å². The highest BCUT2D eigenvalue weighted by Gasteiger charge is 2.65. The molecule has 5 rings (SSSR count). The molecule has 11 heteroatoms. The van der Waals surface area contributed by atoms with E-state index in [2.05, 4.69) is 19.6 Å². The van der Waals surface area contributed by atoms with E-state index in [0.29, 0.717) is 36.5 Å². The number of allylic oxidation sites excluding steroid dienone is 1.